The van der Waals surface area contributed by atoms with Crippen molar-refractivity contribution >= 4 is 16.7 Å². The molecular weight excluding hydrogens is 200 g/mol. The fourth-order valence-corrected chi connectivity index (χ4v) is 1.93. The zero-order valence-corrected chi connectivity index (χ0v) is 9.44. The Bertz CT molecular complexity index is 512. The highest BCUT2D eigenvalue weighted by Gasteiger charge is 2.17. The van der Waals surface area contributed by atoms with Crippen LogP contribution in [0, 0.1) is 0 Å². The number of fused-ring (bicyclic) bond motifs is 1. The van der Waals surface area contributed by atoms with Gasteiger partial charge in [0.05, 0.1) is 13.0 Å². The average molecular weight is 214 g/mol. The first-order chi connectivity index (χ1) is 7.74. The van der Waals surface area contributed by atoms with E-state index in [1.165, 1.54) is 7.11 Å². The number of hydrogen-bond donors (Lipinski definition) is 0. The highest BCUT2D eigenvalue weighted by Crippen LogP contribution is 2.26. The summed E-state index contributed by atoms with van der Waals surface area (Å²) in [4.78, 5) is 11.5. The minimum atomic E-state index is -0.226. The van der Waals surface area contributed by atoms with Crippen molar-refractivity contribution in [2.24, 2.45) is 0 Å². The quantitative estimate of drug-likeness (QED) is 0.718. The first kappa shape index (κ1) is 10.7. The molecule has 0 spiro atoms. The first-order valence-corrected chi connectivity index (χ1v) is 5.29. The summed E-state index contributed by atoms with van der Waals surface area (Å²) >= 11 is 0. The van der Waals surface area contributed by atoms with Crippen molar-refractivity contribution in [1.29, 1.82) is 0 Å². The standard InChI is InChI=1S/C14H14O2/c1-10(14(15)16-2)12-9-5-7-11-6-3-4-8-13(11)12/h3-10H,1-2H3/t10-/m1/s1. The molecule has 2 heteroatoms. The minimum absolute atomic E-state index is 0.198. The Labute approximate surface area is 94.8 Å². The van der Waals surface area contributed by atoms with E-state index in [1.54, 1.807) is 0 Å². The van der Waals surface area contributed by atoms with Crippen LogP contribution in [-0.4, -0.2) is 13.1 Å². The molecule has 0 aliphatic carbocycles. The van der Waals surface area contributed by atoms with Crippen LogP contribution in [0.1, 0.15) is 18.4 Å². The lowest BCUT2D eigenvalue weighted by Crippen LogP contribution is -2.11. The van der Waals surface area contributed by atoms with E-state index in [4.69, 9.17) is 4.74 Å². The van der Waals surface area contributed by atoms with Crippen LogP contribution in [0.15, 0.2) is 42.5 Å². The Morgan fingerprint density at radius 1 is 1.12 bits per heavy atom. The zero-order chi connectivity index (χ0) is 11.5. The summed E-state index contributed by atoms with van der Waals surface area (Å²) in [7, 11) is 1.42. The number of carbonyl (C=O) groups excluding carboxylic acids is 1. The van der Waals surface area contributed by atoms with Crippen LogP contribution in [0.2, 0.25) is 0 Å². The predicted octanol–water partition coefficient (Wildman–Crippen LogP) is 3.12. The van der Waals surface area contributed by atoms with Crippen LogP contribution in [0.4, 0.5) is 0 Å². The molecule has 0 radical (unpaired) electrons. The molecule has 0 bridgehead atoms. The predicted molar refractivity (Wildman–Crippen MR) is 64.4 cm³/mol. The van der Waals surface area contributed by atoms with Gasteiger partial charge in [-0.25, -0.2) is 0 Å². The van der Waals surface area contributed by atoms with Gasteiger partial charge in [0.1, 0.15) is 0 Å². The largest absolute Gasteiger partial charge is 0.469 e. The molecule has 0 amide bonds. The third-order valence-corrected chi connectivity index (χ3v) is 2.84. The summed E-state index contributed by atoms with van der Waals surface area (Å²) in [5, 5.41) is 2.26. The lowest BCUT2D eigenvalue weighted by atomic mass is 9.95. The number of carbonyl (C=O) groups is 1. The van der Waals surface area contributed by atoms with Crippen LogP contribution < -0.4 is 0 Å². The number of benzene rings is 2. The molecule has 0 unspecified atom stereocenters. The van der Waals surface area contributed by atoms with E-state index in [1.807, 2.05) is 49.4 Å². The minimum Gasteiger partial charge on any atom is -0.469 e. The molecular formula is C14H14O2. The molecule has 2 rings (SSSR count). The van der Waals surface area contributed by atoms with Gasteiger partial charge in [0.25, 0.3) is 0 Å². The normalized spacial score (nSPS) is 12.4. The van der Waals surface area contributed by atoms with E-state index in [0.29, 0.717) is 0 Å². The Hall–Kier alpha value is -1.83. The maximum Gasteiger partial charge on any atom is 0.312 e. The molecule has 0 N–H and O–H groups in total. The van der Waals surface area contributed by atoms with Crippen LogP contribution in [-0.2, 0) is 9.53 Å². The third kappa shape index (κ3) is 1.78. The second-order valence-electron chi connectivity index (χ2n) is 3.81. The molecule has 16 heavy (non-hydrogen) atoms. The average Bonchev–Trinajstić information content (AvgIpc) is 2.36. The van der Waals surface area contributed by atoms with Crippen LogP contribution >= 0.6 is 0 Å². The van der Waals surface area contributed by atoms with Crippen LogP contribution in [0.5, 0.6) is 0 Å². The summed E-state index contributed by atoms with van der Waals surface area (Å²) in [5.41, 5.74) is 1.02. The van der Waals surface area contributed by atoms with E-state index in [2.05, 4.69) is 0 Å². The van der Waals surface area contributed by atoms with Gasteiger partial charge in [0, 0.05) is 0 Å². The van der Waals surface area contributed by atoms with E-state index in [-0.39, 0.29) is 11.9 Å². The molecule has 0 aromatic heterocycles. The maximum absolute atomic E-state index is 11.5. The second-order valence-corrected chi connectivity index (χ2v) is 3.81. The molecule has 0 aliphatic heterocycles. The van der Waals surface area contributed by atoms with Gasteiger partial charge in [-0.05, 0) is 23.3 Å². The van der Waals surface area contributed by atoms with Crippen LogP contribution in [0.25, 0.3) is 10.8 Å². The van der Waals surface area contributed by atoms with Crippen molar-refractivity contribution in [2.75, 3.05) is 7.11 Å². The smallest absolute Gasteiger partial charge is 0.312 e. The molecule has 2 nitrogen and oxygen atoms in total. The summed E-state index contributed by atoms with van der Waals surface area (Å²) < 4.78 is 4.78. The van der Waals surface area contributed by atoms with Crippen molar-refractivity contribution in [3.63, 3.8) is 0 Å². The number of ether oxygens (including phenoxy) is 1. The Morgan fingerprint density at radius 2 is 1.81 bits per heavy atom. The van der Waals surface area contributed by atoms with Gasteiger partial charge in [-0.3, -0.25) is 4.79 Å². The van der Waals surface area contributed by atoms with Gasteiger partial charge < -0.3 is 4.74 Å². The fraction of sp³-hybridized carbons (Fsp3) is 0.214. The Balaban J connectivity index is 2.56. The summed E-state index contributed by atoms with van der Waals surface area (Å²) in [6, 6.07) is 14.0. The molecule has 1 atom stereocenters. The third-order valence-electron chi connectivity index (χ3n) is 2.84. The summed E-state index contributed by atoms with van der Waals surface area (Å²) in [6.45, 7) is 1.87. The molecule has 0 saturated carbocycles. The zero-order valence-electron chi connectivity index (χ0n) is 9.44. The molecule has 0 heterocycles. The fourth-order valence-electron chi connectivity index (χ4n) is 1.93. The topological polar surface area (TPSA) is 26.3 Å². The SMILES string of the molecule is COC(=O)[C@H](C)c1cccc2ccccc12. The van der Waals surface area contributed by atoms with Gasteiger partial charge >= 0.3 is 5.97 Å². The molecule has 0 fully saturated rings. The molecule has 0 aliphatic rings. The van der Waals surface area contributed by atoms with Crippen molar-refractivity contribution < 1.29 is 9.53 Å². The summed E-state index contributed by atoms with van der Waals surface area (Å²) in [5.74, 6) is -0.424. The molecule has 0 saturated heterocycles. The van der Waals surface area contributed by atoms with Gasteiger partial charge in [0.15, 0.2) is 0 Å². The molecule has 2 aromatic carbocycles. The lowest BCUT2D eigenvalue weighted by Gasteiger charge is -2.12. The highest BCUT2D eigenvalue weighted by molar-refractivity contribution is 5.90. The second kappa shape index (κ2) is 4.35. The number of esters is 1. The summed E-state index contributed by atoms with van der Waals surface area (Å²) in [6.07, 6.45) is 0. The lowest BCUT2D eigenvalue weighted by molar-refractivity contribution is -0.141. The van der Waals surface area contributed by atoms with Crippen molar-refractivity contribution in [1.82, 2.24) is 0 Å². The molecule has 2 aromatic rings. The number of rotatable bonds is 2. The van der Waals surface area contributed by atoms with Crippen LogP contribution in [0.3, 0.4) is 0 Å². The Kier molecular flexibility index (Phi) is 2.91. The van der Waals surface area contributed by atoms with Gasteiger partial charge in [-0.1, -0.05) is 42.5 Å². The van der Waals surface area contributed by atoms with Gasteiger partial charge in [-0.15, -0.1) is 0 Å². The number of hydrogen-bond acceptors (Lipinski definition) is 2. The first-order valence-electron chi connectivity index (χ1n) is 5.29. The molecule has 82 valence electrons. The van der Waals surface area contributed by atoms with Crippen molar-refractivity contribution in [3.05, 3.63) is 48.0 Å². The van der Waals surface area contributed by atoms with E-state index >= 15 is 0 Å². The highest BCUT2D eigenvalue weighted by atomic mass is 16.5. The monoisotopic (exact) mass is 214 g/mol. The maximum atomic E-state index is 11.5. The number of methoxy groups -OCH3 is 1. The van der Waals surface area contributed by atoms with E-state index in [0.717, 1.165) is 16.3 Å². The van der Waals surface area contributed by atoms with Gasteiger partial charge in [-0.2, -0.15) is 0 Å². The van der Waals surface area contributed by atoms with Gasteiger partial charge in [0.2, 0.25) is 0 Å². The van der Waals surface area contributed by atoms with Crippen molar-refractivity contribution in [2.45, 2.75) is 12.8 Å². The van der Waals surface area contributed by atoms with E-state index < -0.39 is 0 Å². The van der Waals surface area contributed by atoms with Crippen molar-refractivity contribution in [3.8, 4) is 0 Å². The Morgan fingerprint density at radius 3 is 2.56 bits per heavy atom. The van der Waals surface area contributed by atoms with E-state index in [9.17, 15) is 4.79 Å².